The van der Waals surface area contributed by atoms with Crippen LogP contribution in [-0.2, 0) is 14.6 Å². The first-order valence-electron chi connectivity index (χ1n) is 9.05. The maximum atomic E-state index is 13.3. The van der Waals surface area contributed by atoms with Crippen LogP contribution in [0.3, 0.4) is 0 Å². The Hall–Kier alpha value is -3.15. The summed E-state index contributed by atoms with van der Waals surface area (Å²) in [7, 11) is -4.16. The van der Waals surface area contributed by atoms with Crippen molar-refractivity contribution in [1.82, 2.24) is 4.98 Å². The second-order valence-corrected chi connectivity index (χ2v) is 9.22. The number of pyridine rings is 1. The van der Waals surface area contributed by atoms with Crippen molar-refractivity contribution in [3.63, 3.8) is 0 Å². The van der Waals surface area contributed by atoms with E-state index >= 15 is 0 Å². The maximum absolute atomic E-state index is 13.3. The zero-order valence-electron chi connectivity index (χ0n) is 16.3. The second kappa shape index (κ2) is 6.67. The van der Waals surface area contributed by atoms with Crippen molar-refractivity contribution >= 4 is 33.2 Å². The van der Waals surface area contributed by atoms with Gasteiger partial charge >= 0.3 is 11.5 Å². The number of alkyl halides is 3. The number of benzene rings is 1. The van der Waals surface area contributed by atoms with Crippen molar-refractivity contribution < 1.29 is 35.9 Å². The van der Waals surface area contributed by atoms with Crippen LogP contribution >= 0.6 is 0 Å². The maximum Gasteiger partial charge on any atom is 0.501 e. The molecule has 2 aromatic rings. The lowest BCUT2D eigenvalue weighted by atomic mass is 10.1. The molecule has 2 fully saturated rings. The Balaban J connectivity index is 1.76. The van der Waals surface area contributed by atoms with Crippen LogP contribution in [0.2, 0.25) is 0 Å². The number of aromatic nitrogens is 1. The molecule has 1 aromatic carbocycles. The second-order valence-electron chi connectivity index (χ2n) is 7.28. The zero-order valence-corrected chi connectivity index (χ0v) is 17.1. The van der Waals surface area contributed by atoms with Crippen LogP contribution in [0.15, 0.2) is 47.6 Å². The van der Waals surface area contributed by atoms with Crippen molar-refractivity contribution in [3.05, 3.63) is 42.7 Å². The summed E-state index contributed by atoms with van der Waals surface area (Å²) in [4.78, 5) is 31.6. The average Bonchev–Trinajstić information content (AvgIpc) is 3.33. The molecule has 1 aromatic heterocycles. The Morgan fingerprint density at radius 2 is 1.77 bits per heavy atom. The van der Waals surface area contributed by atoms with Crippen LogP contribution < -0.4 is 14.5 Å². The zero-order chi connectivity index (χ0) is 22.8. The summed E-state index contributed by atoms with van der Waals surface area (Å²) < 4.78 is 66.8. The average molecular weight is 455 g/mol. The van der Waals surface area contributed by atoms with E-state index < -0.39 is 37.7 Å². The van der Waals surface area contributed by atoms with Crippen molar-refractivity contribution in [2.24, 2.45) is 5.92 Å². The van der Waals surface area contributed by atoms with Crippen LogP contribution in [0.4, 0.5) is 29.3 Å². The van der Waals surface area contributed by atoms with Crippen LogP contribution in [-0.4, -0.2) is 43.5 Å². The molecule has 1 spiro atoms. The normalized spacial score (nSPS) is 23.6. The van der Waals surface area contributed by atoms with Gasteiger partial charge in [0.15, 0.2) is 5.75 Å². The fourth-order valence-electron chi connectivity index (χ4n) is 3.83. The lowest BCUT2D eigenvalue weighted by Gasteiger charge is -2.23. The quantitative estimate of drug-likeness (QED) is 0.658. The molecule has 3 amide bonds. The Morgan fingerprint density at radius 3 is 2.29 bits per heavy atom. The van der Waals surface area contributed by atoms with Gasteiger partial charge in [-0.3, -0.25) is 14.7 Å². The molecule has 1 aliphatic heterocycles. The van der Waals surface area contributed by atoms with Crippen LogP contribution in [0, 0.1) is 5.92 Å². The van der Waals surface area contributed by atoms with Crippen molar-refractivity contribution in [2.45, 2.75) is 29.3 Å². The standard InChI is InChI=1S/C19H16F3N3O5S/c1-11-9-18(11)16(26)24(17(27)25(18)14-7-8-23-10-15(14)30-2)12-3-5-13(6-4-12)31(28,29)19(20,21)22/h3-8,10-11H,9H2,1-2H3. The van der Waals surface area contributed by atoms with E-state index in [4.69, 9.17) is 4.74 Å². The monoisotopic (exact) mass is 455 g/mol. The van der Waals surface area contributed by atoms with Gasteiger partial charge in [-0.25, -0.2) is 18.1 Å². The third kappa shape index (κ3) is 2.88. The van der Waals surface area contributed by atoms with Gasteiger partial charge in [0.2, 0.25) is 0 Å². The van der Waals surface area contributed by atoms with E-state index in [0.29, 0.717) is 12.1 Å². The number of amides is 3. The molecule has 2 aliphatic rings. The van der Waals surface area contributed by atoms with E-state index in [1.165, 1.54) is 30.5 Å². The molecule has 1 saturated carbocycles. The number of imide groups is 1. The first-order chi connectivity index (χ1) is 14.5. The molecule has 2 heterocycles. The summed E-state index contributed by atoms with van der Waals surface area (Å²) >= 11 is 0. The molecule has 0 bridgehead atoms. The molecule has 0 radical (unpaired) electrons. The number of carbonyl (C=O) groups excluding carboxylic acids is 2. The molecule has 1 aliphatic carbocycles. The van der Waals surface area contributed by atoms with Crippen molar-refractivity contribution in [1.29, 1.82) is 0 Å². The van der Waals surface area contributed by atoms with E-state index in [0.717, 1.165) is 29.2 Å². The van der Waals surface area contributed by atoms with Gasteiger partial charge in [0.25, 0.3) is 15.7 Å². The number of carbonyl (C=O) groups is 2. The van der Waals surface area contributed by atoms with Gasteiger partial charge in [-0.2, -0.15) is 13.2 Å². The summed E-state index contributed by atoms with van der Waals surface area (Å²) in [6, 6.07) is 4.25. The Kier molecular flexibility index (Phi) is 4.54. The number of hydrogen-bond acceptors (Lipinski definition) is 6. The SMILES string of the molecule is COc1cnccc1N1C(=O)N(c2ccc(S(=O)(=O)C(F)(F)F)cc2)C(=O)C12CC2C. The van der Waals surface area contributed by atoms with Crippen molar-refractivity contribution in [3.8, 4) is 5.75 Å². The topological polar surface area (TPSA) is 96.9 Å². The molecule has 1 saturated heterocycles. The lowest BCUT2D eigenvalue weighted by molar-refractivity contribution is -0.119. The van der Waals surface area contributed by atoms with Crippen LogP contribution in [0.25, 0.3) is 0 Å². The highest BCUT2D eigenvalue weighted by atomic mass is 32.2. The fraction of sp³-hybridized carbons (Fsp3) is 0.316. The van der Waals surface area contributed by atoms with Gasteiger partial charge in [0.1, 0.15) is 5.54 Å². The van der Waals surface area contributed by atoms with Crippen molar-refractivity contribution in [2.75, 3.05) is 16.9 Å². The van der Waals surface area contributed by atoms with Crippen LogP contribution in [0.1, 0.15) is 13.3 Å². The number of sulfone groups is 1. The molecule has 2 unspecified atom stereocenters. The molecule has 4 rings (SSSR count). The summed E-state index contributed by atoms with van der Waals surface area (Å²) in [6.45, 7) is 1.80. The van der Waals surface area contributed by atoms with Gasteiger partial charge in [-0.15, -0.1) is 0 Å². The van der Waals surface area contributed by atoms with Gasteiger partial charge in [0, 0.05) is 6.20 Å². The number of nitrogens with zero attached hydrogens (tertiary/aromatic N) is 3. The number of halogens is 3. The van der Waals surface area contributed by atoms with Gasteiger partial charge in [0.05, 0.1) is 29.6 Å². The molecule has 2 atom stereocenters. The third-order valence-corrected chi connectivity index (χ3v) is 7.06. The minimum Gasteiger partial charge on any atom is -0.493 e. The molecule has 12 heteroatoms. The number of rotatable bonds is 4. The summed E-state index contributed by atoms with van der Waals surface area (Å²) in [5.74, 6) is -0.442. The number of methoxy groups -OCH3 is 1. The number of hydrogen-bond donors (Lipinski definition) is 0. The largest absolute Gasteiger partial charge is 0.501 e. The van der Waals surface area contributed by atoms with E-state index in [1.54, 1.807) is 6.92 Å². The Morgan fingerprint density at radius 1 is 1.16 bits per heavy atom. The first-order valence-corrected chi connectivity index (χ1v) is 10.5. The summed E-state index contributed by atoms with van der Waals surface area (Å²) in [5, 5.41) is 0. The van der Waals surface area contributed by atoms with E-state index in [9.17, 15) is 31.2 Å². The van der Waals surface area contributed by atoms with E-state index in [2.05, 4.69) is 4.98 Å². The molecule has 31 heavy (non-hydrogen) atoms. The predicted molar refractivity (Wildman–Crippen MR) is 102 cm³/mol. The van der Waals surface area contributed by atoms with Gasteiger partial charge in [-0.05, 0) is 42.7 Å². The molecule has 164 valence electrons. The molecular formula is C19H16F3N3O5S. The summed E-state index contributed by atoms with van der Waals surface area (Å²) in [5.41, 5.74) is -6.32. The third-order valence-electron chi connectivity index (χ3n) is 5.56. The number of anilines is 2. The molecule has 8 nitrogen and oxygen atoms in total. The fourth-order valence-corrected chi connectivity index (χ4v) is 4.59. The highest BCUT2D eigenvalue weighted by Gasteiger charge is 2.71. The van der Waals surface area contributed by atoms with E-state index in [-0.39, 0.29) is 17.4 Å². The predicted octanol–water partition coefficient (Wildman–Crippen LogP) is 3.14. The van der Waals surface area contributed by atoms with E-state index in [1.807, 2.05) is 0 Å². The van der Waals surface area contributed by atoms with Crippen LogP contribution in [0.5, 0.6) is 5.75 Å². The minimum atomic E-state index is -5.55. The smallest absolute Gasteiger partial charge is 0.493 e. The molecule has 0 N–H and O–H groups in total. The Bertz CT molecular complexity index is 1180. The first kappa shape index (κ1) is 21.1. The highest BCUT2D eigenvalue weighted by Crippen LogP contribution is 2.56. The molecular weight excluding hydrogens is 439 g/mol. The Labute approximate surface area is 175 Å². The highest BCUT2D eigenvalue weighted by molar-refractivity contribution is 7.92. The summed E-state index contributed by atoms with van der Waals surface area (Å²) in [6.07, 6.45) is 3.23. The minimum absolute atomic E-state index is 0.0369. The number of urea groups is 1. The van der Waals surface area contributed by atoms with Gasteiger partial charge < -0.3 is 4.74 Å². The van der Waals surface area contributed by atoms with Gasteiger partial charge in [-0.1, -0.05) is 6.92 Å². The number of ether oxygens (including phenoxy) is 1. The lowest BCUT2D eigenvalue weighted by Crippen LogP contribution is -2.39.